The van der Waals surface area contributed by atoms with E-state index in [4.69, 9.17) is 22.1 Å². The lowest BCUT2D eigenvalue weighted by atomic mass is 10.1. The smallest absolute Gasteiger partial charge is 0.233 e. The number of ether oxygens (including phenoxy) is 1. The van der Waals surface area contributed by atoms with Crippen LogP contribution in [0.1, 0.15) is 5.56 Å². The van der Waals surface area contributed by atoms with Gasteiger partial charge < -0.3 is 15.4 Å². The molecule has 176 valence electrons. The van der Waals surface area contributed by atoms with E-state index in [1.807, 2.05) is 0 Å². The van der Waals surface area contributed by atoms with E-state index in [-0.39, 0.29) is 34.5 Å². The Morgan fingerprint density at radius 2 is 1.85 bits per heavy atom. The zero-order valence-corrected chi connectivity index (χ0v) is 19.6. The number of benzene rings is 2. The van der Waals surface area contributed by atoms with E-state index >= 15 is 0 Å². The van der Waals surface area contributed by atoms with Crippen LogP contribution in [-0.2, 0) is 16.6 Å². The first-order valence-corrected chi connectivity index (χ1v) is 11.8. The van der Waals surface area contributed by atoms with Crippen LogP contribution in [0.15, 0.2) is 48.7 Å². The summed E-state index contributed by atoms with van der Waals surface area (Å²) in [4.78, 5) is 5.87. The van der Waals surface area contributed by atoms with Crippen molar-refractivity contribution in [2.75, 3.05) is 36.8 Å². The molecule has 3 aromatic rings. The Kier molecular flexibility index (Phi) is 7.72. The second-order valence-electron chi connectivity index (χ2n) is 7.52. The standard InChI is InChI=1S/C22H23ClF2N4O3S/c1-29(2)8-9-33(30,31)28-16-5-3-4-14(10-16)15-11-20(22(26)27-12-15)32-13-17-18(24)6-7-19(25)21(17)23/h3-7,10-12,28H,8-9,13H2,1-2H3,(H2,26,27). The van der Waals surface area contributed by atoms with Crippen LogP contribution in [-0.4, -0.2) is 44.7 Å². The largest absolute Gasteiger partial charge is 0.485 e. The van der Waals surface area contributed by atoms with Crippen LogP contribution in [0.2, 0.25) is 5.02 Å². The number of rotatable bonds is 9. The number of anilines is 2. The van der Waals surface area contributed by atoms with Gasteiger partial charge in [-0.1, -0.05) is 23.7 Å². The first-order valence-electron chi connectivity index (χ1n) is 9.82. The van der Waals surface area contributed by atoms with Crippen molar-refractivity contribution in [3.63, 3.8) is 0 Å². The third kappa shape index (κ3) is 6.53. The Bertz CT molecular complexity index is 1260. The minimum atomic E-state index is -3.53. The van der Waals surface area contributed by atoms with Gasteiger partial charge in [-0.3, -0.25) is 4.72 Å². The fourth-order valence-corrected chi connectivity index (χ4v) is 4.28. The summed E-state index contributed by atoms with van der Waals surface area (Å²) in [5.41, 5.74) is 7.35. The lowest BCUT2D eigenvalue weighted by molar-refractivity contribution is 0.300. The third-order valence-corrected chi connectivity index (χ3v) is 6.34. The van der Waals surface area contributed by atoms with Crippen molar-refractivity contribution >= 4 is 33.1 Å². The minimum absolute atomic E-state index is 0.0484. The second kappa shape index (κ2) is 10.3. The van der Waals surface area contributed by atoms with E-state index in [1.54, 1.807) is 49.3 Å². The van der Waals surface area contributed by atoms with Gasteiger partial charge in [0.15, 0.2) is 11.6 Å². The molecule has 3 N–H and O–H groups in total. The Labute approximate surface area is 196 Å². The van der Waals surface area contributed by atoms with Gasteiger partial charge in [0.25, 0.3) is 0 Å². The maximum absolute atomic E-state index is 14.0. The van der Waals surface area contributed by atoms with Gasteiger partial charge >= 0.3 is 0 Å². The molecule has 1 heterocycles. The first-order chi connectivity index (χ1) is 15.6. The molecule has 2 aromatic carbocycles. The van der Waals surface area contributed by atoms with Gasteiger partial charge in [-0.2, -0.15) is 0 Å². The molecular formula is C22H23ClF2N4O3S. The van der Waals surface area contributed by atoms with Crippen molar-refractivity contribution < 1.29 is 21.9 Å². The topological polar surface area (TPSA) is 97.6 Å². The zero-order chi connectivity index (χ0) is 24.2. The highest BCUT2D eigenvalue weighted by molar-refractivity contribution is 7.92. The molecule has 0 aliphatic rings. The number of aromatic nitrogens is 1. The summed E-state index contributed by atoms with van der Waals surface area (Å²) in [6.45, 7) is 0.0248. The number of hydrogen-bond acceptors (Lipinski definition) is 6. The molecule has 0 saturated heterocycles. The van der Waals surface area contributed by atoms with Crippen LogP contribution in [0.3, 0.4) is 0 Å². The predicted octanol–water partition coefficient (Wildman–Crippen LogP) is 4.14. The van der Waals surface area contributed by atoms with Gasteiger partial charge in [-0.15, -0.1) is 0 Å². The van der Waals surface area contributed by atoms with Gasteiger partial charge in [0.1, 0.15) is 18.2 Å². The van der Waals surface area contributed by atoms with Gasteiger partial charge in [0.2, 0.25) is 10.0 Å². The molecule has 0 radical (unpaired) electrons. The lowest BCUT2D eigenvalue weighted by Crippen LogP contribution is -2.26. The van der Waals surface area contributed by atoms with Gasteiger partial charge in [0, 0.05) is 29.6 Å². The summed E-state index contributed by atoms with van der Waals surface area (Å²) in [6.07, 6.45) is 1.50. The average Bonchev–Trinajstić information content (AvgIpc) is 2.76. The molecule has 0 amide bonds. The molecule has 0 fully saturated rings. The maximum Gasteiger partial charge on any atom is 0.233 e. The number of nitrogens with two attached hydrogens (primary N) is 1. The molecule has 1 aromatic heterocycles. The molecule has 0 saturated carbocycles. The normalized spacial score (nSPS) is 11.6. The Morgan fingerprint density at radius 3 is 2.58 bits per heavy atom. The van der Waals surface area contributed by atoms with E-state index in [1.165, 1.54) is 6.20 Å². The van der Waals surface area contributed by atoms with E-state index < -0.39 is 21.7 Å². The molecule has 0 bridgehead atoms. The first kappa shape index (κ1) is 24.7. The van der Waals surface area contributed by atoms with Crippen LogP contribution in [0.25, 0.3) is 11.1 Å². The minimum Gasteiger partial charge on any atom is -0.485 e. The number of halogens is 3. The van der Waals surface area contributed by atoms with Gasteiger partial charge in [-0.25, -0.2) is 22.2 Å². The molecule has 0 aliphatic heterocycles. The average molecular weight is 497 g/mol. The quantitative estimate of drug-likeness (QED) is 0.432. The fraction of sp³-hybridized carbons (Fsp3) is 0.227. The molecule has 33 heavy (non-hydrogen) atoms. The molecule has 7 nitrogen and oxygen atoms in total. The second-order valence-corrected chi connectivity index (χ2v) is 9.74. The molecular weight excluding hydrogens is 474 g/mol. The number of sulfonamides is 1. The van der Waals surface area contributed by atoms with Crippen molar-refractivity contribution in [3.05, 3.63) is 70.9 Å². The summed E-state index contributed by atoms with van der Waals surface area (Å²) < 4.78 is 60.4. The molecule has 0 atom stereocenters. The monoisotopic (exact) mass is 496 g/mol. The van der Waals surface area contributed by atoms with Crippen LogP contribution in [0.4, 0.5) is 20.3 Å². The van der Waals surface area contributed by atoms with E-state index in [9.17, 15) is 17.2 Å². The predicted molar refractivity (Wildman–Crippen MR) is 126 cm³/mol. The van der Waals surface area contributed by atoms with Crippen LogP contribution in [0.5, 0.6) is 5.75 Å². The molecule has 3 rings (SSSR count). The molecule has 11 heteroatoms. The van der Waals surface area contributed by atoms with Crippen molar-refractivity contribution in [1.82, 2.24) is 9.88 Å². The van der Waals surface area contributed by atoms with Crippen molar-refractivity contribution in [2.45, 2.75) is 6.61 Å². The SMILES string of the molecule is CN(C)CCS(=O)(=O)Nc1cccc(-c2cnc(N)c(OCc3c(F)ccc(F)c3Cl)c2)c1. The fourth-order valence-electron chi connectivity index (χ4n) is 2.88. The third-order valence-electron chi connectivity index (χ3n) is 4.67. The summed E-state index contributed by atoms with van der Waals surface area (Å²) in [7, 11) is 0.0593. The number of pyridine rings is 1. The van der Waals surface area contributed by atoms with Crippen molar-refractivity contribution in [1.29, 1.82) is 0 Å². The highest BCUT2D eigenvalue weighted by Gasteiger charge is 2.15. The summed E-state index contributed by atoms with van der Waals surface area (Å²) in [5, 5.41) is -0.369. The number of nitrogen functional groups attached to an aromatic ring is 1. The lowest BCUT2D eigenvalue weighted by Gasteiger charge is -2.14. The Hall–Kier alpha value is -2.95. The highest BCUT2D eigenvalue weighted by atomic mass is 35.5. The summed E-state index contributed by atoms with van der Waals surface area (Å²) in [6, 6.07) is 10.2. The number of nitrogens with zero attached hydrogens (tertiary/aromatic N) is 2. The maximum atomic E-state index is 14.0. The van der Waals surface area contributed by atoms with E-state index in [0.29, 0.717) is 23.4 Å². The van der Waals surface area contributed by atoms with Gasteiger partial charge in [-0.05, 0) is 50.0 Å². The Balaban J connectivity index is 1.81. The molecule has 0 unspecified atom stereocenters. The van der Waals surface area contributed by atoms with E-state index in [0.717, 1.165) is 12.1 Å². The van der Waals surface area contributed by atoms with Crippen molar-refractivity contribution in [3.8, 4) is 16.9 Å². The highest BCUT2D eigenvalue weighted by Crippen LogP contribution is 2.30. The van der Waals surface area contributed by atoms with Crippen LogP contribution in [0, 0.1) is 11.6 Å². The number of nitrogens with one attached hydrogen (secondary N) is 1. The van der Waals surface area contributed by atoms with E-state index in [2.05, 4.69) is 9.71 Å². The van der Waals surface area contributed by atoms with Crippen LogP contribution < -0.4 is 15.2 Å². The van der Waals surface area contributed by atoms with Gasteiger partial charge in [0.05, 0.1) is 10.8 Å². The summed E-state index contributed by atoms with van der Waals surface area (Å²) >= 11 is 5.84. The van der Waals surface area contributed by atoms with Crippen molar-refractivity contribution in [2.24, 2.45) is 0 Å². The molecule has 0 aliphatic carbocycles. The number of hydrogen-bond donors (Lipinski definition) is 2. The molecule has 0 spiro atoms. The summed E-state index contributed by atoms with van der Waals surface area (Å²) in [5.74, 6) is -1.33. The Morgan fingerprint density at radius 1 is 1.12 bits per heavy atom. The van der Waals surface area contributed by atoms with Crippen LogP contribution >= 0.6 is 11.6 Å². The zero-order valence-electron chi connectivity index (χ0n) is 18.0.